The van der Waals surface area contributed by atoms with Crippen molar-refractivity contribution in [3.63, 3.8) is 0 Å². The summed E-state index contributed by atoms with van der Waals surface area (Å²) in [5.74, 6) is 2.84. The molecule has 3 aromatic carbocycles. The van der Waals surface area contributed by atoms with Gasteiger partial charge in [0, 0.05) is 16.3 Å². The average Bonchev–Trinajstić information content (AvgIpc) is 3.31. The first-order valence-electron chi connectivity index (χ1n) is 12.4. The quantitative estimate of drug-likeness (QED) is 0.249. The first-order chi connectivity index (χ1) is 18.7. The monoisotopic (exact) mass is 486 g/mol. The molecule has 0 fully saturated rings. The second kappa shape index (κ2) is 9.18. The van der Waals surface area contributed by atoms with E-state index in [2.05, 4.69) is 46.9 Å². The molecule has 1 aliphatic rings. The average molecular weight is 487 g/mol. The molecule has 0 saturated carbocycles. The third kappa shape index (κ3) is 3.31. The number of fused-ring (bicyclic) bond motifs is 4. The van der Waals surface area contributed by atoms with Crippen molar-refractivity contribution in [3.8, 4) is 35.9 Å². The Hall–Kier alpha value is -5.50. The highest BCUT2D eigenvalue weighted by molar-refractivity contribution is 5.95. The van der Waals surface area contributed by atoms with Gasteiger partial charge in [-0.25, -0.2) is 0 Å². The van der Waals surface area contributed by atoms with Gasteiger partial charge in [0.2, 0.25) is 0 Å². The van der Waals surface area contributed by atoms with E-state index < -0.39 is 0 Å². The number of nitriles is 2. The van der Waals surface area contributed by atoms with Crippen molar-refractivity contribution in [2.45, 2.75) is 13.3 Å². The fourth-order valence-corrected chi connectivity index (χ4v) is 5.51. The molecule has 2 heterocycles. The summed E-state index contributed by atoms with van der Waals surface area (Å²) in [4.78, 5) is 0. The normalized spacial score (nSPS) is 12.4. The lowest BCUT2D eigenvalue weighted by molar-refractivity contribution is 1.05. The zero-order valence-corrected chi connectivity index (χ0v) is 20.8. The zero-order chi connectivity index (χ0) is 26.2. The number of rotatable bonds is 3. The van der Waals surface area contributed by atoms with Crippen molar-refractivity contribution >= 4 is 34.0 Å². The molecule has 4 heteroatoms. The smallest absolute Gasteiger partial charge is 0.105 e. The summed E-state index contributed by atoms with van der Waals surface area (Å²) in [6.07, 6.45) is 19.0. The van der Waals surface area contributed by atoms with Gasteiger partial charge in [-0.2, -0.15) is 10.5 Å². The number of hydrogen-bond donors (Lipinski definition) is 0. The maximum Gasteiger partial charge on any atom is 0.105 e. The fraction of sp³-hybridized carbons (Fsp3) is 0.0588. The Labute approximate surface area is 221 Å². The highest BCUT2D eigenvalue weighted by Crippen LogP contribution is 2.37. The molecule has 1 aliphatic carbocycles. The lowest BCUT2D eigenvalue weighted by Gasteiger charge is -2.16. The molecule has 2 aromatic heterocycles. The largest absolute Gasteiger partial charge is 0.308 e. The number of aromatic nitrogens is 2. The van der Waals surface area contributed by atoms with Crippen molar-refractivity contribution in [2.75, 3.05) is 0 Å². The number of para-hydroxylation sites is 2. The lowest BCUT2D eigenvalue weighted by atomic mass is 10.1. The molecular weight excluding hydrogens is 464 g/mol. The summed E-state index contributed by atoms with van der Waals surface area (Å²) >= 11 is 0. The zero-order valence-electron chi connectivity index (χ0n) is 20.8. The molecule has 0 N–H and O–H groups in total. The standard InChI is InChI=1S/C34H22N4/c1-3-12-25-26-14-8-10-17-30(26)37(29(25)4-2)33-19-24(22-36)34(20-23(33)21-35)38-31-16-7-5-6-13-27(31)28-15-9-11-18-32(28)38/h2-3,5-12,14-20H,13H2,1H3/b12-3-. The van der Waals surface area contributed by atoms with Gasteiger partial charge in [0.1, 0.15) is 17.8 Å². The van der Waals surface area contributed by atoms with Crippen molar-refractivity contribution in [1.82, 2.24) is 9.13 Å². The van der Waals surface area contributed by atoms with Crippen molar-refractivity contribution in [3.05, 3.63) is 119 Å². The van der Waals surface area contributed by atoms with Gasteiger partial charge in [0.05, 0.1) is 39.2 Å². The minimum Gasteiger partial charge on any atom is -0.308 e. The van der Waals surface area contributed by atoms with Crippen LogP contribution < -0.4 is 0 Å². The molecule has 0 bridgehead atoms. The molecule has 0 atom stereocenters. The molecule has 6 rings (SSSR count). The van der Waals surface area contributed by atoms with Crippen molar-refractivity contribution in [2.24, 2.45) is 0 Å². The van der Waals surface area contributed by atoms with E-state index in [0.717, 1.165) is 39.5 Å². The van der Waals surface area contributed by atoms with Crippen LogP contribution in [0.15, 0.2) is 85.0 Å². The van der Waals surface area contributed by atoms with Crippen molar-refractivity contribution in [1.29, 1.82) is 10.5 Å². The van der Waals surface area contributed by atoms with Crippen LogP contribution in [0.1, 0.15) is 40.6 Å². The molecule has 0 spiro atoms. The lowest BCUT2D eigenvalue weighted by Crippen LogP contribution is -2.06. The van der Waals surface area contributed by atoms with Crippen LogP contribution in [0.5, 0.6) is 0 Å². The Morgan fingerprint density at radius 1 is 0.842 bits per heavy atom. The van der Waals surface area contributed by atoms with E-state index in [1.54, 1.807) is 6.07 Å². The van der Waals surface area contributed by atoms with Crippen LogP contribution >= 0.6 is 0 Å². The van der Waals surface area contributed by atoms with Crippen LogP contribution in [0, 0.1) is 35.0 Å². The predicted molar refractivity (Wildman–Crippen MR) is 154 cm³/mol. The minimum atomic E-state index is 0.436. The predicted octanol–water partition coefficient (Wildman–Crippen LogP) is 7.46. The number of terminal acetylenes is 1. The van der Waals surface area contributed by atoms with Crippen LogP contribution in [0.2, 0.25) is 0 Å². The van der Waals surface area contributed by atoms with Crippen LogP contribution in [0.3, 0.4) is 0 Å². The molecule has 0 aliphatic heterocycles. The van der Waals surface area contributed by atoms with E-state index >= 15 is 0 Å². The third-order valence-corrected chi connectivity index (χ3v) is 7.06. The maximum absolute atomic E-state index is 10.4. The first kappa shape index (κ1) is 22.9. The number of allylic oxidation sites excluding steroid dienone is 4. The van der Waals surface area contributed by atoms with E-state index in [1.807, 2.05) is 78.3 Å². The van der Waals surface area contributed by atoms with E-state index in [4.69, 9.17) is 6.42 Å². The number of benzene rings is 3. The Morgan fingerprint density at radius 3 is 2.13 bits per heavy atom. The molecule has 0 amide bonds. The summed E-state index contributed by atoms with van der Waals surface area (Å²) in [7, 11) is 0. The van der Waals surface area contributed by atoms with Crippen LogP contribution in [0.4, 0.5) is 0 Å². The van der Waals surface area contributed by atoms with E-state index in [9.17, 15) is 10.5 Å². The highest BCUT2D eigenvalue weighted by Gasteiger charge is 2.23. The Morgan fingerprint density at radius 2 is 1.47 bits per heavy atom. The summed E-state index contributed by atoms with van der Waals surface area (Å²) in [6, 6.07) is 24.5. The molecule has 5 aromatic rings. The van der Waals surface area contributed by atoms with Gasteiger partial charge in [-0.1, -0.05) is 72.7 Å². The Balaban J connectivity index is 1.70. The van der Waals surface area contributed by atoms with Crippen molar-refractivity contribution < 1.29 is 0 Å². The van der Waals surface area contributed by atoms with Gasteiger partial charge < -0.3 is 9.13 Å². The second-order valence-corrected chi connectivity index (χ2v) is 9.08. The summed E-state index contributed by atoms with van der Waals surface area (Å²) in [5.41, 5.74) is 7.80. The van der Waals surface area contributed by atoms with Gasteiger partial charge in [-0.15, -0.1) is 6.42 Å². The number of hydrogen-bond acceptors (Lipinski definition) is 2. The minimum absolute atomic E-state index is 0.436. The van der Waals surface area contributed by atoms with E-state index in [0.29, 0.717) is 28.2 Å². The summed E-state index contributed by atoms with van der Waals surface area (Å²) < 4.78 is 4.02. The third-order valence-electron chi connectivity index (χ3n) is 7.06. The summed E-state index contributed by atoms with van der Waals surface area (Å²) in [6.45, 7) is 1.95. The van der Waals surface area contributed by atoms with Gasteiger partial charge >= 0.3 is 0 Å². The van der Waals surface area contributed by atoms with Gasteiger partial charge in [0.15, 0.2) is 0 Å². The highest BCUT2D eigenvalue weighted by atomic mass is 15.0. The molecular formula is C34H22N4. The van der Waals surface area contributed by atoms with Crippen LogP contribution in [-0.2, 0) is 6.42 Å². The van der Waals surface area contributed by atoms with Crippen LogP contribution in [-0.4, -0.2) is 9.13 Å². The Kier molecular flexibility index (Phi) is 5.54. The molecule has 4 nitrogen and oxygen atoms in total. The summed E-state index contributed by atoms with van der Waals surface area (Å²) in [5, 5.41) is 22.9. The van der Waals surface area contributed by atoms with Gasteiger partial charge in [0.25, 0.3) is 0 Å². The molecule has 38 heavy (non-hydrogen) atoms. The Bertz CT molecular complexity index is 1990. The topological polar surface area (TPSA) is 57.4 Å². The first-order valence-corrected chi connectivity index (χ1v) is 12.4. The van der Waals surface area contributed by atoms with E-state index in [-0.39, 0.29) is 0 Å². The van der Waals surface area contributed by atoms with Crippen LogP contribution in [0.25, 0.3) is 45.3 Å². The fourth-order valence-electron chi connectivity index (χ4n) is 5.51. The SMILES string of the molecule is C#Cc1c(/C=C\C)c2ccccc2n1-c1cc(C#N)c(-n2c3c(c4ccccc42)CC=CC=C3)cc1C#N. The van der Waals surface area contributed by atoms with E-state index in [1.165, 1.54) is 5.56 Å². The second-order valence-electron chi connectivity index (χ2n) is 9.08. The number of nitrogens with zero attached hydrogens (tertiary/aromatic N) is 4. The maximum atomic E-state index is 10.4. The van der Waals surface area contributed by atoms with Gasteiger partial charge in [-0.3, -0.25) is 0 Å². The van der Waals surface area contributed by atoms with Gasteiger partial charge in [-0.05, 0) is 49.2 Å². The molecule has 0 unspecified atom stereocenters. The molecule has 178 valence electrons. The molecule has 0 saturated heterocycles. The molecule has 0 radical (unpaired) electrons.